The fraction of sp³-hybridized carbons (Fsp3) is 0.261. The van der Waals surface area contributed by atoms with Crippen molar-refractivity contribution in [2.45, 2.75) is 32.4 Å². The summed E-state index contributed by atoms with van der Waals surface area (Å²) in [6, 6.07) is 13.4. The molecule has 0 unspecified atom stereocenters. The first-order chi connectivity index (χ1) is 14.0. The third-order valence-electron chi connectivity index (χ3n) is 4.72. The zero-order valence-electron chi connectivity index (χ0n) is 16.5. The van der Waals surface area contributed by atoms with E-state index in [0.717, 1.165) is 34.6 Å². The average Bonchev–Trinajstić information content (AvgIpc) is 3.06. The molecule has 0 aliphatic carbocycles. The number of ether oxygens (including phenoxy) is 2. The largest absolute Gasteiger partial charge is 0.483 e. The Hall–Kier alpha value is -3.41. The van der Waals surface area contributed by atoms with Crippen molar-refractivity contribution < 1.29 is 14.3 Å². The molecule has 4 rings (SSSR count). The van der Waals surface area contributed by atoms with Crippen LogP contribution in [-0.4, -0.2) is 28.1 Å². The van der Waals surface area contributed by atoms with Crippen LogP contribution in [0, 0.1) is 0 Å². The van der Waals surface area contributed by atoms with Crippen LogP contribution in [0.4, 0.5) is 0 Å². The highest BCUT2D eigenvalue weighted by Gasteiger charge is 2.32. The zero-order valence-corrected chi connectivity index (χ0v) is 16.5. The molecular formula is C23H23N3O3. The number of para-hydroxylation sites is 1. The third kappa shape index (κ3) is 4.37. The van der Waals surface area contributed by atoms with E-state index in [1.165, 1.54) is 0 Å². The van der Waals surface area contributed by atoms with Gasteiger partial charge in [0.25, 0.3) is 5.91 Å². The quantitative estimate of drug-likeness (QED) is 0.698. The Kier molecular flexibility index (Phi) is 5.16. The highest BCUT2D eigenvalue weighted by atomic mass is 16.5. The molecule has 0 atom stereocenters. The van der Waals surface area contributed by atoms with Crippen molar-refractivity contribution >= 4 is 5.91 Å². The molecule has 0 spiro atoms. The molecule has 0 bridgehead atoms. The van der Waals surface area contributed by atoms with E-state index in [1.807, 2.05) is 56.3 Å². The summed E-state index contributed by atoms with van der Waals surface area (Å²) in [5.41, 5.74) is 3.48. The van der Waals surface area contributed by atoms with Crippen LogP contribution in [0.2, 0.25) is 0 Å². The molecule has 2 aromatic heterocycles. The molecule has 0 radical (unpaired) electrons. The first-order valence-electron chi connectivity index (χ1n) is 9.56. The minimum absolute atomic E-state index is 0.0806. The number of hydrogen-bond donors (Lipinski definition) is 1. The number of nitrogens with zero attached hydrogens (tertiary/aromatic N) is 2. The van der Waals surface area contributed by atoms with E-state index >= 15 is 0 Å². The second-order valence-electron chi connectivity index (χ2n) is 7.60. The van der Waals surface area contributed by atoms with Crippen LogP contribution in [0.1, 0.15) is 25.0 Å². The van der Waals surface area contributed by atoms with Crippen molar-refractivity contribution in [3.05, 3.63) is 72.2 Å². The van der Waals surface area contributed by atoms with Gasteiger partial charge in [0.2, 0.25) is 0 Å². The molecule has 3 heterocycles. The topological polar surface area (TPSA) is 73.3 Å². The van der Waals surface area contributed by atoms with E-state index in [-0.39, 0.29) is 18.1 Å². The molecule has 6 heteroatoms. The second-order valence-corrected chi connectivity index (χ2v) is 7.60. The zero-order chi connectivity index (χ0) is 20.3. The van der Waals surface area contributed by atoms with E-state index < -0.39 is 0 Å². The number of amides is 1. The van der Waals surface area contributed by atoms with E-state index in [0.29, 0.717) is 12.3 Å². The van der Waals surface area contributed by atoms with Crippen LogP contribution in [0.15, 0.2) is 61.1 Å². The highest BCUT2D eigenvalue weighted by Crippen LogP contribution is 2.41. The molecule has 3 aromatic rings. The van der Waals surface area contributed by atoms with E-state index in [4.69, 9.17) is 9.47 Å². The molecule has 0 saturated heterocycles. The minimum atomic E-state index is -0.257. The Morgan fingerprint density at radius 2 is 2.03 bits per heavy atom. The number of benzene rings is 1. The summed E-state index contributed by atoms with van der Waals surface area (Å²) in [6.45, 7) is 4.36. The minimum Gasteiger partial charge on any atom is -0.483 e. The van der Waals surface area contributed by atoms with Crippen LogP contribution in [0.3, 0.4) is 0 Å². The summed E-state index contributed by atoms with van der Waals surface area (Å²) in [4.78, 5) is 20.9. The average molecular weight is 389 g/mol. The fourth-order valence-electron chi connectivity index (χ4n) is 3.43. The number of fused-ring (bicyclic) bond motifs is 1. The van der Waals surface area contributed by atoms with Gasteiger partial charge >= 0.3 is 0 Å². The Labute approximate surface area is 169 Å². The van der Waals surface area contributed by atoms with E-state index in [2.05, 4.69) is 15.3 Å². The standard InChI is InChI=1S/C23H23N3O3/c1-23(2)12-16-6-3-9-19(22(16)29-23)28-15-20(27)26-14-18-8-5-11-25-21(18)17-7-4-10-24-13-17/h3-11,13H,12,14-15H2,1-2H3,(H,26,27). The molecule has 1 aromatic carbocycles. The molecule has 0 fully saturated rings. The van der Waals surface area contributed by atoms with Crippen molar-refractivity contribution in [1.29, 1.82) is 0 Å². The van der Waals surface area contributed by atoms with Gasteiger partial charge in [-0.2, -0.15) is 0 Å². The van der Waals surface area contributed by atoms with Gasteiger partial charge in [-0.05, 0) is 43.7 Å². The molecule has 1 amide bonds. The maximum atomic E-state index is 12.4. The summed E-state index contributed by atoms with van der Waals surface area (Å²) in [7, 11) is 0. The number of nitrogens with one attached hydrogen (secondary N) is 1. The molecule has 1 N–H and O–H groups in total. The first kappa shape index (κ1) is 18.9. The lowest BCUT2D eigenvalue weighted by atomic mass is 10.0. The van der Waals surface area contributed by atoms with Gasteiger partial charge in [0.15, 0.2) is 18.1 Å². The van der Waals surface area contributed by atoms with Crippen LogP contribution in [-0.2, 0) is 17.8 Å². The smallest absolute Gasteiger partial charge is 0.258 e. The van der Waals surface area contributed by atoms with Crippen molar-refractivity contribution in [3.8, 4) is 22.8 Å². The molecule has 29 heavy (non-hydrogen) atoms. The predicted molar refractivity (Wildman–Crippen MR) is 110 cm³/mol. The molecule has 6 nitrogen and oxygen atoms in total. The van der Waals surface area contributed by atoms with E-state index in [1.54, 1.807) is 18.6 Å². The fourth-order valence-corrected chi connectivity index (χ4v) is 3.43. The summed E-state index contributed by atoms with van der Waals surface area (Å²) in [5.74, 6) is 1.12. The number of pyridine rings is 2. The van der Waals surface area contributed by atoms with Crippen LogP contribution in [0.25, 0.3) is 11.3 Å². The van der Waals surface area contributed by atoms with Crippen molar-refractivity contribution in [3.63, 3.8) is 0 Å². The van der Waals surface area contributed by atoms with Gasteiger partial charge < -0.3 is 14.8 Å². The number of carbonyl (C=O) groups is 1. The van der Waals surface area contributed by atoms with Gasteiger partial charge in [-0.25, -0.2) is 0 Å². The summed E-state index contributed by atoms with van der Waals surface area (Å²) >= 11 is 0. The van der Waals surface area contributed by atoms with Crippen LogP contribution >= 0.6 is 0 Å². The van der Waals surface area contributed by atoms with Crippen LogP contribution < -0.4 is 14.8 Å². The van der Waals surface area contributed by atoms with Gasteiger partial charge in [0.05, 0.1) is 5.69 Å². The molecule has 0 saturated carbocycles. The van der Waals surface area contributed by atoms with Crippen LogP contribution in [0.5, 0.6) is 11.5 Å². The number of rotatable bonds is 6. The maximum absolute atomic E-state index is 12.4. The SMILES string of the molecule is CC1(C)Cc2cccc(OCC(=O)NCc3cccnc3-c3cccnc3)c2O1. The molecular weight excluding hydrogens is 366 g/mol. The second kappa shape index (κ2) is 7.91. The van der Waals surface area contributed by atoms with E-state index in [9.17, 15) is 4.79 Å². The maximum Gasteiger partial charge on any atom is 0.258 e. The van der Waals surface area contributed by atoms with Gasteiger partial charge in [-0.1, -0.05) is 18.2 Å². The molecule has 148 valence electrons. The van der Waals surface area contributed by atoms with Crippen molar-refractivity contribution in [2.24, 2.45) is 0 Å². The molecule has 1 aliphatic rings. The van der Waals surface area contributed by atoms with Gasteiger partial charge in [-0.3, -0.25) is 14.8 Å². The Morgan fingerprint density at radius 3 is 2.86 bits per heavy atom. The number of carbonyl (C=O) groups excluding carboxylic acids is 1. The number of hydrogen-bond acceptors (Lipinski definition) is 5. The molecule has 1 aliphatic heterocycles. The van der Waals surface area contributed by atoms with Gasteiger partial charge in [0.1, 0.15) is 5.60 Å². The monoisotopic (exact) mass is 389 g/mol. The number of aromatic nitrogens is 2. The van der Waals surface area contributed by atoms with Gasteiger partial charge in [-0.15, -0.1) is 0 Å². The predicted octanol–water partition coefficient (Wildman–Crippen LogP) is 3.55. The summed E-state index contributed by atoms with van der Waals surface area (Å²) < 4.78 is 11.7. The Morgan fingerprint density at radius 1 is 1.17 bits per heavy atom. The lowest BCUT2D eigenvalue weighted by Crippen LogP contribution is -2.29. The lowest BCUT2D eigenvalue weighted by Gasteiger charge is -2.18. The van der Waals surface area contributed by atoms with Gasteiger partial charge in [0, 0.05) is 42.7 Å². The first-order valence-corrected chi connectivity index (χ1v) is 9.56. The Balaban J connectivity index is 1.38. The third-order valence-corrected chi connectivity index (χ3v) is 4.72. The van der Waals surface area contributed by atoms with Crippen molar-refractivity contribution in [1.82, 2.24) is 15.3 Å². The normalized spacial score (nSPS) is 14.0. The Bertz CT molecular complexity index is 1020. The summed E-state index contributed by atoms with van der Waals surface area (Å²) in [6.07, 6.45) is 6.03. The lowest BCUT2D eigenvalue weighted by molar-refractivity contribution is -0.123. The summed E-state index contributed by atoms with van der Waals surface area (Å²) in [5, 5.41) is 2.90. The van der Waals surface area contributed by atoms with Crippen molar-refractivity contribution in [2.75, 3.05) is 6.61 Å². The highest BCUT2D eigenvalue weighted by molar-refractivity contribution is 5.78.